The summed E-state index contributed by atoms with van der Waals surface area (Å²) in [5, 5.41) is 1.39. The van der Waals surface area contributed by atoms with Crippen molar-refractivity contribution in [2.75, 3.05) is 9.80 Å². The fourth-order valence-electron chi connectivity index (χ4n) is 11.8. The Hall–Kier alpha value is -5.06. The molecular weight excluding hydrogens is 780 g/mol. The second kappa shape index (κ2) is 13.5. The largest absolute Gasteiger partial charge is 0.311 e. The molecule has 3 heterocycles. The Labute approximate surface area is 381 Å². The number of rotatable bonds is 3. The Bertz CT molecular complexity index is 3010. The van der Waals surface area contributed by atoms with Gasteiger partial charge in [-0.15, -0.1) is 11.3 Å². The molecule has 0 saturated carbocycles. The highest BCUT2D eigenvalue weighted by Gasteiger charge is 2.48. The maximum atomic E-state index is 2.69. The van der Waals surface area contributed by atoms with E-state index in [2.05, 4.69) is 219 Å². The predicted octanol–water partition coefficient (Wildman–Crippen LogP) is 15.0. The molecule has 4 aliphatic rings. The van der Waals surface area contributed by atoms with Gasteiger partial charge in [0.25, 0.3) is 6.71 Å². The van der Waals surface area contributed by atoms with Crippen molar-refractivity contribution in [3.8, 4) is 11.1 Å². The average molecular weight is 843 g/mol. The molecule has 2 aliphatic heterocycles. The van der Waals surface area contributed by atoms with E-state index < -0.39 is 0 Å². The Kier molecular flexibility index (Phi) is 8.72. The summed E-state index contributed by atoms with van der Waals surface area (Å²) in [6.45, 7) is 29.2. The van der Waals surface area contributed by atoms with Crippen molar-refractivity contribution in [1.29, 1.82) is 0 Å². The van der Waals surface area contributed by atoms with Crippen molar-refractivity contribution in [1.82, 2.24) is 0 Å². The number of nitrogens with zero attached hydrogens (tertiary/aromatic N) is 2. The highest BCUT2D eigenvalue weighted by molar-refractivity contribution is 7.33. The summed E-state index contributed by atoms with van der Waals surface area (Å²) in [7, 11) is 0. The van der Waals surface area contributed by atoms with E-state index in [-0.39, 0.29) is 33.8 Å². The van der Waals surface area contributed by atoms with Crippen LogP contribution in [0.25, 0.3) is 21.2 Å². The van der Waals surface area contributed by atoms with Crippen LogP contribution in [0.1, 0.15) is 135 Å². The van der Waals surface area contributed by atoms with E-state index in [1.807, 2.05) is 0 Å². The Morgan fingerprint density at radius 1 is 0.524 bits per heavy atom. The van der Waals surface area contributed by atoms with E-state index in [0.29, 0.717) is 0 Å². The predicted molar refractivity (Wildman–Crippen MR) is 275 cm³/mol. The molecule has 0 fully saturated rings. The average Bonchev–Trinajstić information content (AvgIpc) is 3.61. The Morgan fingerprint density at radius 2 is 1.08 bits per heavy atom. The summed E-state index contributed by atoms with van der Waals surface area (Å²) in [5.74, 6) is 0. The van der Waals surface area contributed by atoms with Crippen molar-refractivity contribution in [2.45, 2.75) is 136 Å². The minimum atomic E-state index is 0.0661. The third-order valence-corrected chi connectivity index (χ3v) is 17.2. The number of thiophene rings is 1. The summed E-state index contributed by atoms with van der Waals surface area (Å²) in [6, 6.07) is 45.3. The van der Waals surface area contributed by atoms with Crippen LogP contribution in [0, 0.1) is 6.92 Å². The van der Waals surface area contributed by atoms with Crippen LogP contribution >= 0.6 is 11.3 Å². The lowest BCUT2D eigenvalue weighted by molar-refractivity contribution is 0.332. The van der Waals surface area contributed by atoms with Crippen molar-refractivity contribution >= 4 is 78.0 Å². The van der Waals surface area contributed by atoms with Gasteiger partial charge >= 0.3 is 0 Å². The Morgan fingerprint density at radius 3 is 1.70 bits per heavy atom. The van der Waals surface area contributed by atoms with Crippen LogP contribution in [-0.2, 0) is 27.1 Å². The molecule has 2 aliphatic carbocycles. The zero-order chi connectivity index (χ0) is 44.2. The number of hydrogen-bond acceptors (Lipinski definition) is 3. The number of anilines is 6. The second-order valence-electron chi connectivity index (χ2n) is 23.2. The van der Waals surface area contributed by atoms with E-state index in [0.717, 1.165) is 0 Å². The van der Waals surface area contributed by atoms with Crippen LogP contribution in [0.15, 0.2) is 115 Å². The molecule has 6 aromatic carbocycles. The summed E-state index contributed by atoms with van der Waals surface area (Å²) in [6.07, 6.45) is 4.77. The highest BCUT2D eigenvalue weighted by Crippen LogP contribution is 2.54. The van der Waals surface area contributed by atoms with Crippen LogP contribution in [0.2, 0.25) is 0 Å². The fourth-order valence-corrected chi connectivity index (χ4v) is 13.2. The molecule has 2 nitrogen and oxygen atoms in total. The minimum absolute atomic E-state index is 0.0661. The lowest BCUT2D eigenvalue weighted by atomic mass is 9.35. The van der Waals surface area contributed by atoms with Gasteiger partial charge in [-0.05, 0) is 170 Å². The molecular formula is C59H63BN2S. The molecule has 0 atom stereocenters. The van der Waals surface area contributed by atoms with Gasteiger partial charge in [0.15, 0.2) is 0 Å². The monoisotopic (exact) mass is 842 g/mol. The van der Waals surface area contributed by atoms with E-state index in [1.165, 1.54) is 130 Å². The lowest BCUT2D eigenvalue weighted by Crippen LogP contribution is -2.61. The van der Waals surface area contributed by atoms with Gasteiger partial charge in [-0.3, -0.25) is 0 Å². The van der Waals surface area contributed by atoms with Gasteiger partial charge in [0.05, 0.1) is 5.69 Å². The molecule has 63 heavy (non-hydrogen) atoms. The van der Waals surface area contributed by atoms with Crippen LogP contribution in [-0.4, -0.2) is 6.71 Å². The third-order valence-electron chi connectivity index (χ3n) is 16.0. The molecule has 4 heteroatoms. The first-order valence-corrected chi connectivity index (χ1v) is 24.4. The topological polar surface area (TPSA) is 6.48 Å². The first-order valence-electron chi connectivity index (χ1n) is 23.5. The molecule has 0 radical (unpaired) electrons. The normalized spacial score (nSPS) is 18.6. The van der Waals surface area contributed by atoms with Gasteiger partial charge in [-0.1, -0.05) is 137 Å². The first kappa shape index (κ1) is 40.7. The first-order chi connectivity index (χ1) is 29.7. The van der Waals surface area contributed by atoms with Gasteiger partial charge in [0, 0.05) is 43.3 Å². The number of benzene rings is 6. The fraction of sp³-hybridized carbons (Fsp3) is 0.356. The number of hydrogen-bond donors (Lipinski definition) is 0. The molecule has 0 unspecified atom stereocenters. The second-order valence-corrected chi connectivity index (χ2v) is 24.3. The van der Waals surface area contributed by atoms with Gasteiger partial charge in [-0.2, -0.15) is 0 Å². The molecule has 1 aromatic heterocycles. The Balaban J connectivity index is 1.27. The summed E-state index contributed by atoms with van der Waals surface area (Å²) in [4.78, 5) is 5.32. The zero-order valence-electron chi connectivity index (χ0n) is 39.7. The minimum Gasteiger partial charge on any atom is -0.311 e. The maximum absolute atomic E-state index is 2.69. The van der Waals surface area contributed by atoms with Gasteiger partial charge in [-0.25, -0.2) is 0 Å². The van der Waals surface area contributed by atoms with Crippen LogP contribution in [0.5, 0.6) is 0 Å². The van der Waals surface area contributed by atoms with E-state index in [4.69, 9.17) is 0 Å². The lowest BCUT2D eigenvalue weighted by Gasteiger charge is -2.47. The molecule has 0 bridgehead atoms. The quantitative estimate of drug-likeness (QED) is 0.164. The summed E-state index contributed by atoms with van der Waals surface area (Å²) >= 11 is 2.06. The van der Waals surface area contributed by atoms with Gasteiger partial charge in [0.1, 0.15) is 0 Å². The number of aryl methyl sites for hydroxylation is 1. The molecule has 0 amide bonds. The van der Waals surface area contributed by atoms with Gasteiger partial charge < -0.3 is 9.80 Å². The van der Waals surface area contributed by atoms with Crippen LogP contribution in [0.3, 0.4) is 0 Å². The third kappa shape index (κ3) is 6.17. The van der Waals surface area contributed by atoms with E-state index >= 15 is 0 Å². The SMILES string of the molecule is Cc1cc2c3c(c1)N(c1cccc(-c4ccccc4)c1)c1c(sc4cc5c(cc14)C(C)(C)CCC5(C)C)B3c1cc3c(cc1N2c1ccc(C(C)(C)C)cc1)C(C)(C)CCC3(C)C. The van der Waals surface area contributed by atoms with E-state index in [9.17, 15) is 0 Å². The van der Waals surface area contributed by atoms with Crippen molar-refractivity contribution in [3.05, 3.63) is 149 Å². The molecule has 0 spiro atoms. The molecule has 11 rings (SSSR count). The van der Waals surface area contributed by atoms with E-state index in [1.54, 1.807) is 0 Å². The van der Waals surface area contributed by atoms with Crippen molar-refractivity contribution in [3.63, 3.8) is 0 Å². The van der Waals surface area contributed by atoms with Gasteiger partial charge in [0.2, 0.25) is 0 Å². The standard InChI is InChI=1S/C59H63BN2S/c1-36-29-49-52-50(30-36)62(41-20-16-19-38(31-41)37-17-14-13-15-18-37)53-42-32-43-46(59(11,12)28-25-56(43,5)6)35-51(42)63-54(53)60(52)47-33-44-45(58(9,10)27-26-57(44,7)8)34-48(47)61(49)40-23-21-39(22-24-40)55(2,3)4/h13-24,29-35H,25-28H2,1-12H3. The van der Waals surface area contributed by atoms with Crippen molar-refractivity contribution in [2.24, 2.45) is 0 Å². The van der Waals surface area contributed by atoms with Crippen LogP contribution in [0.4, 0.5) is 34.1 Å². The molecule has 318 valence electrons. The maximum Gasteiger partial charge on any atom is 0.264 e. The summed E-state index contributed by atoms with van der Waals surface area (Å²) in [5.41, 5.74) is 22.2. The zero-order valence-corrected chi connectivity index (χ0v) is 40.5. The smallest absolute Gasteiger partial charge is 0.264 e. The van der Waals surface area contributed by atoms with Crippen molar-refractivity contribution < 1.29 is 0 Å². The molecule has 0 N–H and O–H groups in total. The summed E-state index contributed by atoms with van der Waals surface area (Å²) < 4.78 is 2.86. The van der Waals surface area contributed by atoms with Crippen LogP contribution < -0.4 is 25.5 Å². The molecule has 7 aromatic rings. The highest BCUT2D eigenvalue weighted by atomic mass is 32.1. The molecule has 0 saturated heterocycles. The number of fused-ring (bicyclic) bond motifs is 8.